The number of primary amides is 1. The third kappa shape index (κ3) is 1.05. The van der Waals surface area contributed by atoms with Crippen LogP contribution in [0.15, 0.2) is 0 Å². The second kappa shape index (κ2) is 1.99. The number of carbonyl (C=O) groups is 1. The fourth-order valence-electron chi connectivity index (χ4n) is 1.21. The zero-order valence-corrected chi connectivity index (χ0v) is 5.26. The average Bonchev–Trinajstić information content (AvgIpc) is 2.16. The van der Waals surface area contributed by atoms with E-state index in [-0.39, 0.29) is 0 Å². The number of carbonyl (C=O) groups excluding carboxylic acids is 1. The summed E-state index contributed by atoms with van der Waals surface area (Å²) < 4.78 is 0. The third-order valence-corrected chi connectivity index (χ3v) is 1.89. The van der Waals surface area contributed by atoms with E-state index in [1.807, 2.05) is 0 Å². The van der Waals surface area contributed by atoms with Crippen molar-refractivity contribution < 1.29 is 9.90 Å². The Morgan fingerprint density at radius 1 is 1.44 bits per heavy atom. The Kier molecular flexibility index (Phi) is 1.45. The van der Waals surface area contributed by atoms with E-state index in [2.05, 4.69) is 0 Å². The molecule has 0 radical (unpaired) electrons. The minimum absolute atomic E-state index is 0.544. The van der Waals surface area contributed by atoms with Crippen molar-refractivity contribution in [2.45, 2.75) is 31.3 Å². The molecule has 3 heteroatoms. The van der Waals surface area contributed by atoms with Crippen molar-refractivity contribution in [2.75, 3.05) is 0 Å². The lowest BCUT2D eigenvalue weighted by Gasteiger charge is -2.15. The Morgan fingerprint density at radius 2 is 1.89 bits per heavy atom. The zero-order valence-electron chi connectivity index (χ0n) is 5.26. The number of amides is 1. The first-order valence-corrected chi connectivity index (χ1v) is 3.17. The molecule has 0 saturated heterocycles. The summed E-state index contributed by atoms with van der Waals surface area (Å²) in [7, 11) is 0. The van der Waals surface area contributed by atoms with Crippen LogP contribution in [0.5, 0.6) is 0 Å². The summed E-state index contributed by atoms with van der Waals surface area (Å²) in [6, 6.07) is 0. The Hall–Kier alpha value is -0.570. The lowest BCUT2D eigenvalue weighted by molar-refractivity contribution is -0.135. The molecule has 0 bridgehead atoms. The standard InChI is InChI=1S/C6H11NO2/c7-5(8)6(9)3-1-2-4-6/h9H,1-4H2,(H2,7,8). The van der Waals surface area contributed by atoms with Crippen LogP contribution in [0.4, 0.5) is 0 Å². The summed E-state index contributed by atoms with van der Waals surface area (Å²) in [5.74, 6) is -0.569. The lowest BCUT2D eigenvalue weighted by Crippen LogP contribution is -2.40. The zero-order chi connectivity index (χ0) is 6.91. The molecule has 0 atom stereocenters. The Labute approximate surface area is 53.9 Å². The minimum atomic E-state index is -1.17. The van der Waals surface area contributed by atoms with E-state index >= 15 is 0 Å². The lowest BCUT2D eigenvalue weighted by atomic mass is 10.0. The van der Waals surface area contributed by atoms with Crippen molar-refractivity contribution in [3.63, 3.8) is 0 Å². The van der Waals surface area contributed by atoms with Crippen molar-refractivity contribution in [1.29, 1.82) is 0 Å². The predicted molar refractivity (Wildman–Crippen MR) is 32.6 cm³/mol. The van der Waals surface area contributed by atoms with E-state index in [4.69, 9.17) is 5.73 Å². The maximum atomic E-state index is 10.5. The molecule has 1 aliphatic carbocycles. The molecular weight excluding hydrogens is 118 g/mol. The Balaban J connectivity index is 2.61. The molecule has 0 heterocycles. The predicted octanol–water partition coefficient (Wildman–Crippen LogP) is -0.223. The second-order valence-corrected chi connectivity index (χ2v) is 2.60. The van der Waals surface area contributed by atoms with Crippen LogP contribution in [0, 0.1) is 0 Å². The van der Waals surface area contributed by atoms with Gasteiger partial charge in [-0.25, -0.2) is 0 Å². The van der Waals surface area contributed by atoms with Gasteiger partial charge in [-0.3, -0.25) is 4.79 Å². The van der Waals surface area contributed by atoms with Gasteiger partial charge in [0.15, 0.2) is 0 Å². The molecule has 1 rings (SSSR count). The van der Waals surface area contributed by atoms with Gasteiger partial charge in [0.2, 0.25) is 5.91 Å². The first-order valence-electron chi connectivity index (χ1n) is 3.17. The van der Waals surface area contributed by atoms with Gasteiger partial charge >= 0.3 is 0 Å². The Morgan fingerprint density at radius 3 is 2.11 bits per heavy atom. The van der Waals surface area contributed by atoms with E-state index < -0.39 is 11.5 Å². The Bertz CT molecular complexity index is 127. The van der Waals surface area contributed by atoms with Crippen LogP contribution in [0.3, 0.4) is 0 Å². The molecule has 3 N–H and O–H groups in total. The highest BCUT2D eigenvalue weighted by Crippen LogP contribution is 2.28. The molecule has 1 fully saturated rings. The molecule has 3 nitrogen and oxygen atoms in total. The van der Waals surface area contributed by atoms with Crippen LogP contribution >= 0.6 is 0 Å². The SMILES string of the molecule is NC(=O)C1(O)CCCC1. The maximum absolute atomic E-state index is 10.5. The van der Waals surface area contributed by atoms with Gasteiger partial charge in [0.05, 0.1) is 0 Å². The average molecular weight is 129 g/mol. The summed E-state index contributed by atoms with van der Waals surface area (Å²) in [5.41, 5.74) is 3.78. The van der Waals surface area contributed by atoms with Crippen molar-refractivity contribution >= 4 is 5.91 Å². The molecule has 0 aromatic carbocycles. The van der Waals surface area contributed by atoms with Gasteiger partial charge in [-0.15, -0.1) is 0 Å². The first-order chi connectivity index (χ1) is 4.15. The largest absolute Gasteiger partial charge is 0.380 e. The van der Waals surface area contributed by atoms with Crippen LogP contribution in [0.1, 0.15) is 25.7 Å². The van der Waals surface area contributed by atoms with E-state index in [1.165, 1.54) is 0 Å². The highest BCUT2D eigenvalue weighted by atomic mass is 16.3. The number of hydrogen-bond acceptors (Lipinski definition) is 2. The number of aliphatic hydroxyl groups is 1. The third-order valence-electron chi connectivity index (χ3n) is 1.89. The summed E-state index contributed by atoms with van der Waals surface area (Å²) in [6.07, 6.45) is 2.92. The van der Waals surface area contributed by atoms with Crippen LogP contribution < -0.4 is 5.73 Å². The van der Waals surface area contributed by atoms with Crippen LogP contribution in [-0.4, -0.2) is 16.6 Å². The van der Waals surface area contributed by atoms with Crippen molar-refractivity contribution in [2.24, 2.45) is 5.73 Å². The summed E-state index contributed by atoms with van der Waals surface area (Å²) in [4.78, 5) is 10.5. The summed E-state index contributed by atoms with van der Waals surface area (Å²) in [6.45, 7) is 0. The number of rotatable bonds is 1. The van der Waals surface area contributed by atoms with Crippen LogP contribution in [0.25, 0.3) is 0 Å². The van der Waals surface area contributed by atoms with Crippen LogP contribution in [-0.2, 0) is 4.79 Å². The topological polar surface area (TPSA) is 63.3 Å². The summed E-state index contributed by atoms with van der Waals surface area (Å²) in [5, 5.41) is 9.29. The molecule has 0 unspecified atom stereocenters. The fraction of sp³-hybridized carbons (Fsp3) is 0.833. The minimum Gasteiger partial charge on any atom is -0.380 e. The normalized spacial score (nSPS) is 24.1. The molecule has 52 valence electrons. The molecule has 0 aliphatic heterocycles. The quantitative estimate of drug-likeness (QED) is 0.514. The fourth-order valence-corrected chi connectivity index (χ4v) is 1.21. The first kappa shape index (κ1) is 6.55. The molecule has 9 heavy (non-hydrogen) atoms. The molecule has 0 spiro atoms. The van der Waals surface area contributed by atoms with E-state index in [9.17, 15) is 9.90 Å². The van der Waals surface area contributed by atoms with Gasteiger partial charge in [0.25, 0.3) is 0 Å². The van der Waals surface area contributed by atoms with Crippen molar-refractivity contribution in [1.82, 2.24) is 0 Å². The van der Waals surface area contributed by atoms with Crippen LogP contribution in [0.2, 0.25) is 0 Å². The highest BCUT2D eigenvalue weighted by molar-refractivity contribution is 5.83. The van der Waals surface area contributed by atoms with Gasteiger partial charge in [-0.1, -0.05) is 0 Å². The van der Waals surface area contributed by atoms with Gasteiger partial charge in [-0.2, -0.15) is 0 Å². The van der Waals surface area contributed by atoms with Gasteiger partial charge in [0, 0.05) is 0 Å². The molecular formula is C6H11NO2. The number of nitrogens with two attached hydrogens (primary N) is 1. The number of hydrogen-bond donors (Lipinski definition) is 2. The molecule has 0 aromatic rings. The van der Waals surface area contributed by atoms with E-state index in [0.29, 0.717) is 12.8 Å². The van der Waals surface area contributed by atoms with Crippen molar-refractivity contribution in [3.05, 3.63) is 0 Å². The van der Waals surface area contributed by atoms with E-state index in [0.717, 1.165) is 12.8 Å². The highest BCUT2D eigenvalue weighted by Gasteiger charge is 2.36. The van der Waals surface area contributed by atoms with Gasteiger partial charge in [-0.05, 0) is 25.7 Å². The summed E-state index contributed by atoms with van der Waals surface area (Å²) >= 11 is 0. The molecule has 0 aromatic heterocycles. The molecule has 1 aliphatic rings. The van der Waals surface area contributed by atoms with Crippen molar-refractivity contribution in [3.8, 4) is 0 Å². The van der Waals surface area contributed by atoms with E-state index in [1.54, 1.807) is 0 Å². The monoisotopic (exact) mass is 129 g/mol. The van der Waals surface area contributed by atoms with Gasteiger partial charge < -0.3 is 10.8 Å². The maximum Gasteiger partial charge on any atom is 0.249 e. The molecule has 1 saturated carbocycles. The second-order valence-electron chi connectivity index (χ2n) is 2.60. The van der Waals surface area contributed by atoms with Gasteiger partial charge in [0.1, 0.15) is 5.60 Å². The smallest absolute Gasteiger partial charge is 0.249 e. The molecule has 1 amide bonds.